The molecule has 0 spiro atoms. The molecule has 0 unspecified atom stereocenters. The molecule has 0 aliphatic carbocycles. The van der Waals surface area contributed by atoms with Crippen molar-refractivity contribution in [1.29, 1.82) is 0 Å². The van der Waals surface area contributed by atoms with Crippen LogP contribution in [0.5, 0.6) is 5.75 Å². The van der Waals surface area contributed by atoms with Crippen LogP contribution in [0.2, 0.25) is 0 Å². The number of rotatable bonds is 4. The number of hydrogen-bond acceptors (Lipinski definition) is 4. The number of pyridine rings is 1. The topological polar surface area (TPSA) is 71.8 Å². The predicted octanol–water partition coefficient (Wildman–Crippen LogP) is 1.97. The minimum Gasteiger partial charge on any atom is -0.497 e. The molecule has 2 aromatic rings. The van der Waals surface area contributed by atoms with Crippen molar-refractivity contribution in [2.24, 2.45) is 5.92 Å². The Balaban J connectivity index is 1.73. The van der Waals surface area contributed by atoms with E-state index in [0.717, 1.165) is 23.4 Å². The van der Waals surface area contributed by atoms with E-state index in [2.05, 4.69) is 0 Å². The Kier molecular flexibility index (Phi) is 4.98. The first-order valence-corrected chi connectivity index (χ1v) is 9.79. The molecule has 4 rings (SSSR count). The number of piperidine rings is 1. The summed E-state index contributed by atoms with van der Waals surface area (Å²) in [4.78, 5) is 27.0. The lowest BCUT2D eigenvalue weighted by atomic mass is 9.76. The molecule has 2 aliphatic rings. The fourth-order valence-corrected chi connectivity index (χ4v) is 4.79. The smallest absolute Gasteiger partial charge is 0.251 e. The third kappa shape index (κ3) is 3.33. The number of fused-ring (bicyclic) bond motifs is 4. The van der Waals surface area contributed by atoms with Crippen LogP contribution in [-0.2, 0) is 11.2 Å². The molecule has 1 aromatic carbocycles. The van der Waals surface area contributed by atoms with Gasteiger partial charge in [0.15, 0.2) is 0 Å². The van der Waals surface area contributed by atoms with Crippen LogP contribution in [0.4, 0.5) is 0 Å². The number of carbonyl (C=O) groups is 1. The molecule has 148 valence electrons. The monoisotopic (exact) mass is 382 g/mol. The average molecular weight is 382 g/mol. The molecule has 4 atom stereocenters. The Morgan fingerprint density at radius 1 is 1.25 bits per heavy atom. The lowest BCUT2D eigenvalue weighted by Gasteiger charge is -2.47. The Hall–Kier alpha value is -2.60. The number of nitrogens with zero attached hydrogens (tertiary/aromatic N) is 2. The third-order valence-corrected chi connectivity index (χ3v) is 6.05. The fourth-order valence-electron chi connectivity index (χ4n) is 4.79. The molecule has 3 heterocycles. The molecule has 1 saturated heterocycles. The van der Waals surface area contributed by atoms with E-state index in [-0.39, 0.29) is 29.3 Å². The van der Waals surface area contributed by atoms with E-state index in [1.165, 1.54) is 6.92 Å². The van der Waals surface area contributed by atoms with Crippen molar-refractivity contribution in [1.82, 2.24) is 9.47 Å². The molecule has 0 saturated carbocycles. The van der Waals surface area contributed by atoms with Gasteiger partial charge >= 0.3 is 0 Å². The second-order valence-corrected chi connectivity index (χ2v) is 7.89. The van der Waals surface area contributed by atoms with Crippen LogP contribution >= 0.6 is 0 Å². The van der Waals surface area contributed by atoms with E-state index in [4.69, 9.17) is 4.74 Å². The van der Waals surface area contributed by atoms with Gasteiger partial charge in [-0.25, -0.2) is 0 Å². The number of hydrogen-bond donors (Lipinski definition) is 1. The van der Waals surface area contributed by atoms with Crippen LogP contribution in [0.25, 0.3) is 0 Å². The highest BCUT2D eigenvalue weighted by Gasteiger charge is 2.42. The van der Waals surface area contributed by atoms with Crippen LogP contribution in [0.15, 0.2) is 47.3 Å². The number of aromatic nitrogens is 1. The van der Waals surface area contributed by atoms with Gasteiger partial charge < -0.3 is 19.3 Å². The zero-order valence-corrected chi connectivity index (χ0v) is 16.2. The number of carbonyl (C=O) groups excluding carboxylic acids is 1. The van der Waals surface area contributed by atoms with Crippen LogP contribution in [0.1, 0.15) is 36.6 Å². The van der Waals surface area contributed by atoms with Gasteiger partial charge in [-0.05, 0) is 49.4 Å². The molecular weight excluding hydrogens is 356 g/mol. The lowest BCUT2D eigenvalue weighted by molar-refractivity contribution is -0.142. The maximum atomic E-state index is 12.8. The first-order chi connectivity index (χ1) is 13.5. The van der Waals surface area contributed by atoms with Crippen LogP contribution in [0, 0.1) is 5.92 Å². The summed E-state index contributed by atoms with van der Waals surface area (Å²) in [5.41, 5.74) is 2.10. The molecule has 28 heavy (non-hydrogen) atoms. The number of amides is 1. The SMILES string of the molecule is COc1cccc(C[C@H]2[C@H]3C[C@H](CN(C(=O)[C@H](C)O)C3)c3cccc(=O)n32)c1. The van der Waals surface area contributed by atoms with Crippen LogP contribution < -0.4 is 10.3 Å². The summed E-state index contributed by atoms with van der Waals surface area (Å²) in [7, 11) is 1.64. The van der Waals surface area contributed by atoms with E-state index in [9.17, 15) is 14.7 Å². The molecule has 1 amide bonds. The minimum absolute atomic E-state index is 0.00963. The number of methoxy groups -OCH3 is 1. The largest absolute Gasteiger partial charge is 0.497 e. The quantitative estimate of drug-likeness (QED) is 0.878. The Morgan fingerprint density at radius 3 is 2.79 bits per heavy atom. The maximum absolute atomic E-state index is 12.8. The number of aliphatic hydroxyl groups excluding tert-OH is 1. The Morgan fingerprint density at radius 2 is 2.04 bits per heavy atom. The van der Waals surface area contributed by atoms with Crippen molar-refractivity contribution in [2.45, 2.75) is 37.8 Å². The first-order valence-electron chi connectivity index (χ1n) is 9.79. The Bertz CT molecular complexity index is 936. The first kappa shape index (κ1) is 18.7. The van der Waals surface area contributed by atoms with Gasteiger partial charge in [-0.2, -0.15) is 0 Å². The second-order valence-electron chi connectivity index (χ2n) is 7.89. The normalized spacial score (nSPS) is 24.4. The van der Waals surface area contributed by atoms with Crippen LogP contribution in [-0.4, -0.2) is 46.8 Å². The van der Waals surface area contributed by atoms with Gasteiger partial charge in [0.25, 0.3) is 11.5 Å². The molecule has 2 aliphatic heterocycles. The molecule has 0 radical (unpaired) electrons. The number of likely N-dealkylation sites (tertiary alicyclic amines) is 1. The predicted molar refractivity (Wildman–Crippen MR) is 106 cm³/mol. The molecule has 6 nitrogen and oxygen atoms in total. The standard InChI is InChI=1S/C22H26N2O4/c1-14(25)22(27)23-12-16-11-17(13-23)20(24-19(16)7-4-8-21(24)26)10-15-5-3-6-18(9-15)28-2/h3-9,14,16-17,20,25H,10-13H2,1-2H3/t14-,16+,17-,20-/m0/s1. The van der Waals surface area contributed by atoms with Crippen molar-refractivity contribution in [2.75, 3.05) is 20.2 Å². The van der Waals surface area contributed by atoms with Gasteiger partial charge in [0.2, 0.25) is 0 Å². The summed E-state index contributed by atoms with van der Waals surface area (Å²) in [5, 5.41) is 9.77. The molecule has 1 N–H and O–H groups in total. The van der Waals surface area contributed by atoms with E-state index in [1.54, 1.807) is 24.1 Å². The van der Waals surface area contributed by atoms with Gasteiger partial charge in [0.05, 0.1) is 7.11 Å². The molecule has 1 fully saturated rings. The van der Waals surface area contributed by atoms with Crippen molar-refractivity contribution < 1.29 is 14.6 Å². The molecule has 6 heteroatoms. The highest BCUT2D eigenvalue weighted by atomic mass is 16.5. The number of benzene rings is 1. The number of ether oxygens (including phenoxy) is 1. The van der Waals surface area contributed by atoms with Crippen molar-refractivity contribution in [3.8, 4) is 5.75 Å². The maximum Gasteiger partial charge on any atom is 0.251 e. The van der Waals surface area contributed by atoms with Gasteiger partial charge in [-0.1, -0.05) is 18.2 Å². The van der Waals surface area contributed by atoms with E-state index >= 15 is 0 Å². The van der Waals surface area contributed by atoms with Crippen LogP contribution in [0.3, 0.4) is 0 Å². The summed E-state index contributed by atoms with van der Waals surface area (Å²) in [6, 6.07) is 13.3. The lowest BCUT2D eigenvalue weighted by Crippen LogP contribution is -2.53. The zero-order chi connectivity index (χ0) is 19.8. The van der Waals surface area contributed by atoms with Gasteiger partial charge in [-0.15, -0.1) is 0 Å². The average Bonchev–Trinajstić information content (AvgIpc) is 2.70. The van der Waals surface area contributed by atoms with Crippen molar-refractivity contribution in [3.63, 3.8) is 0 Å². The minimum atomic E-state index is -1.01. The van der Waals surface area contributed by atoms with Gasteiger partial charge in [-0.3, -0.25) is 9.59 Å². The highest BCUT2D eigenvalue weighted by molar-refractivity contribution is 5.80. The Labute approximate surface area is 164 Å². The van der Waals surface area contributed by atoms with E-state index < -0.39 is 6.10 Å². The fraction of sp³-hybridized carbons (Fsp3) is 0.455. The van der Waals surface area contributed by atoms with E-state index in [1.807, 2.05) is 34.9 Å². The third-order valence-electron chi connectivity index (χ3n) is 6.05. The van der Waals surface area contributed by atoms with Gasteiger partial charge in [0, 0.05) is 36.8 Å². The summed E-state index contributed by atoms with van der Waals surface area (Å²) < 4.78 is 7.28. The molecule has 1 aromatic heterocycles. The van der Waals surface area contributed by atoms with Gasteiger partial charge in [0.1, 0.15) is 11.9 Å². The number of aliphatic hydroxyl groups is 1. The molecule has 2 bridgehead atoms. The van der Waals surface area contributed by atoms with Crippen molar-refractivity contribution in [3.05, 3.63) is 64.1 Å². The summed E-state index contributed by atoms with van der Waals surface area (Å²) >= 11 is 0. The molecular formula is C22H26N2O4. The summed E-state index contributed by atoms with van der Waals surface area (Å²) in [5.74, 6) is 0.847. The van der Waals surface area contributed by atoms with Crippen molar-refractivity contribution >= 4 is 5.91 Å². The second kappa shape index (κ2) is 7.43. The summed E-state index contributed by atoms with van der Waals surface area (Å²) in [6.07, 6.45) is 0.637. The van der Waals surface area contributed by atoms with E-state index in [0.29, 0.717) is 19.5 Å². The summed E-state index contributed by atoms with van der Waals surface area (Å²) in [6.45, 7) is 2.63. The highest BCUT2D eigenvalue weighted by Crippen LogP contribution is 2.42. The zero-order valence-electron chi connectivity index (χ0n) is 16.2.